The predicted octanol–water partition coefficient (Wildman–Crippen LogP) is -1.73. The smallest absolute Gasteiger partial charge is 0.550 e. The first-order valence-corrected chi connectivity index (χ1v) is 16.3. The molecule has 62 heavy (non-hydrogen) atoms. The Labute approximate surface area is 380 Å². The summed E-state index contributed by atoms with van der Waals surface area (Å²) in [5.74, 6) is -2.09. The van der Waals surface area contributed by atoms with Crippen molar-refractivity contribution < 1.29 is 100 Å². The minimum Gasteiger partial charge on any atom is -0.550 e. The van der Waals surface area contributed by atoms with Gasteiger partial charge in [0.15, 0.2) is 11.6 Å². The van der Waals surface area contributed by atoms with Gasteiger partial charge in [-0.1, -0.05) is 72.8 Å². The van der Waals surface area contributed by atoms with Crippen molar-refractivity contribution in [3.8, 4) is 0 Å². The third-order valence-corrected chi connectivity index (χ3v) is 6.38. The molecule has 20 nitrogen and oxygen atoms in total. The Hall–Kier alpha value is -7.05. The molecule has 0 aliphatic rings. The summed E-state index contributed by atoms with van der Waals surface area (Å²) in [4.78, 5) is 66.1. The second-order valence-corrected chi connectivity index (χ2v) is 10.6. The number of aromatic carboxylic acids is 2. The molecule has 0 amide bonds. The SMILES string of the molecule is CC(=O)[O-].CC(=O)[O-].O.O.O.O.O=C([O-])c1ccccc1/C(=N\c1ccccn1)Nc1ccccn1.O=C([O-])c1ccccc1/C(=N\c1ccccn1)Nc1ccccn1.[Zn+2].[Zn+2]. The summed E-state index contributed by atoms with van der Waals surface area (Å²) in [6, 6.07) is 34.3. The van der Waals surface area contributed by atoms with E-state index in [0.717, 1.165) is 13.8 Å². The maximum atomic E-state index is 11.4. The molecule has 0 aliphatic carbocycles. The van der Waals surface area contributed by atoms with Crippen LogP contribution in [0.25, 0.3) is 0 Å². The van der Waals surface area contributed by atoms with E-state index in [1.165, 1.54) is 12.1 Å². The van der Waals surface area contributed by atoms with Gasteiger partial charge >= 0.3 is 39.0 Å². The fraction of sp³-hybridized carbons (Fsp3) is 0.0500. The number of nitrogens with one attached hydrogen (secondary N) is 2. The van der Waals surface area contributed by atoms with Gasteiger partial charge in [0.25, 0.3) is 0 Å². The molecule has 0 unspecified atom stereocenters. The largest absolute Gasteiger partial charge is 2.00 e. The van der Waals surface area contributed by atoms with Crippen molar-refractivity contribution in [1.29, 1.82) is 0 Å². The average Bonchev–Trinajstić information content (AvgIpc) is 3.19. The first-order valence-electron chi connectivity index (χ1n) is 16.3. The van der Waals surface area contributed by atoms with E-state index in [4.69, 9.17) is 19.8 Å². The van der Waals surface area contributed by atoms with Gasteiger partial charge in [-0.25, -0.2) is 29.9 Å². The zero-order chi connectivity index (χ0) is 40.7. The van der Waals surface area contributed by atoms with Gasteiger partial charge in [-0.05, 0) is 62.4 Å². The number of aliphatic imine (C=N–C) groups is 2. The van der Waals surface area contributed by atoms with Crippen LogP contribution in [0.4, 0.5) is 23.3 Å². The molecule has 4 heterocycles. The van der Waals surface area contributed by atoms with Gasteiger partial charge in [0.1, 0.15) is 23.3 Å². The number of aliphatic carboxylic acids is 2. The molecule has 0 spiro atoms. The molecule has 0 fully saturated rings. The van der Waals surface area contributed by atoms with Crippen LogP contribution in [0.5, 0.6) is 0 Å². The van der Waals surface area contributed by atoms with Crippen LogP contribution in [0.15, 0.2) is 156 Å². The molecule has 0 radical (unpaired) electrons. The van der Waals surface area contributed by atoms with Crippen molar-refractivity contribution in [3.05, 3.63) is 168 Å². The first-order chi connectivity index (χ1) is 26.9. The van der Waals surface area contributed by atoms with Crippen molar-refractivity contribution in [3.63, 3.8) is 0 Å². The van der Waals surface area contributed by atoms with E-state index in [1.54, 1.807) is 122 Å². The van der Waals surface area contributed by atoms with Crippen molar-refractivity contribution in [2.75, 3.05) is 10.6 Å². The standard InChI is InChI=1S/2C18H14N4O2.2C2H4O2.4H2O.2Zn/c2*23-18(24)14-8-2-1-7-13(14)17(21-15-9-3-5-11-19-15)22-16-10-4-6-12-20-16;2*1-2(3)4;;;;;;/h2*1-12H,(H,23,24)(H,19,20,21,22);2*1H3,(H,3,4);4*1H2;;/q;;;;;;;;2*+2/p-4. The van der Waals surface area contributed by atoms with Crippen molar-refractivity contribution in [2.45, 2.75) is 13.8 Å². The van der Waals surface area contributed by atoms with Crippen LogP contribution in [0.1, 0.15) is 45.7 Å². The molecule has 6 aromatic rings. The third-order valence-electron chi connectivity index (χ3n) is 6.38. The fourth-order valence-electron chi connectivity index (χ4n) is 4.23. The Kier molecular flexibility index (Phi) is 33.5. The second kappa shape index (κ2) is 33.7. The van der Waals surface area contributed by atoms with Crippen molar-refractivity contribution in [2.24, 2.45) is 9.98 Å². The van der Waals surface area contributed by atoms with E-state index in [2.05, 4.69) is 40.6 Å². The average molecular weight is 956 g/mol. The second-order valence-electron chi connectivity index (χ2n) is 10.6. The zero-order valence-corrected chi connectivity index (χ0v) is 39.2. The molecule has 4 aromatic heterocycles. The van der Waals surface area contributed by atoms with E-state index in [-0.39, 0.29) is 72.0 Å². The molecule has 0 atom stereocenters. The van der Waals surface area contributed by atoms with Gasteiger partial charge < -0.3 is 72.1 Å². The quantitative estimate of drug-likeness (QED) is 0.0973. The minimum absolute atomic E-state index is 0. The van der Waals surface area contributed by atoms with Crippen LogP contribution < -0.4 is 31.1 Å². The van der Waals surface area contributed by atoms with Gasteiger partial charge in [-0.15, -0.1) is 0 Å². The molecule has 316 valence electrons. The van der Waals surface area contributed by atoms with E-state index in [0.29, 0.717) is 46.1 Å². The molecule has 0 saturated heterocycles. The number of anilines is 2. The summed E-state index contributed by atoms with van der Waals surface area (Å²) >= 11 is 0. The van der Waals surface area contributed by atoms with Crippen LogP contribution in [0, 0.1) is 0 Å². The molecular weight excluding hydrogens is 915 g/mol. The Morgan fingerprint density at radius 2 is 0.677 bits per heavy atom. The van der Waals surface area contributed by atoms with Gasteiger partial charge in [0.2, 0.25) is 0 Å². The number of amidine groups is 2. The Bertz CT molecular complexity index is 2100. The number of rotatable bonds is 8. The van der Waals surface area contributed by atoms with Crippen molar-refractivity contribution >= 4 is 58.8 Å². The number of carboxylic acid groups (broad SMARTS) is 4. The number of hydrogen-bond acceptors (Lipinski definition) is 14. The molecule has 0 bridgehead atoms. The van der Waals surface area contributed by atoms with E-state index in [1.807, 2.05) is 12.1 Å². The summed E-state index contributed by atoms with van der Waals surface area (Å²) in [7, 11) is 0. The predicted molar refractivity (Wildman–Crippen MR) is 214 cm³/mol. The van der Waals surface area contributed by atoms with E-state index < -0.39 is 23.9 Å². The van der Waals surface area contributed by atoms with Crippen LogP contribution in [-0.2, 0) is 48.5 Å². The number of benzene rings is 2. The number of nitrogens with zero attached hydrogens (tertiary/aromatic N) is 6. The van der Waals surface area contributed by atoms with Gasteiger partial charge in [-0.2, -0.15) is 0 Å². The molecule has 0 aliphatic heterocycles. The monoisotopic (exact) mass is 952 g/mol. The topological polar surface area (TPSA) is 387 Å². The zero-order valence-electron chi connectivity index (χ0n) is 33.2. The normalized spacial score (nSPS) is 9.39. The van der Waals surface area contributed by atoms with E-state index >= 15 is 0 Å². The molecule has 0 saturated carbocycles. The summed E-state index contributed by atoms with van der Waals surface area (Å²) < 4.78 is 0. The van der Waals surface area contributed by atoms with Gasteiger partial charge in [-0.3, -0.25) is 0 Å². The van der Waals surface area contributed by atoms with Crippen LogP contribution in [0.2, 0.25) is 0 Å². The number of pyridine rings is 4. The molecule has 10 N–H and O–H groups in total. The summed E-state index contributed by atoms with van der Waals surface area (Å²) in [6.07, 6.45) is 6.49. The Morgan fingerprint density at radius 1 is 0.419 bits per heavy atom. The molecule has 2 aromatic carbocycles. The fourth-order valence-corrected chi connectivity index (χ4v) is 4.23. The minimum atomic E-state index is -1.28. The van der Waals surface area contributed by atoms with Crippen LogP contribution in [0.3, 0.4) is 0 Å². The van der Waals surface area contributed by atoms with Crippen molar-refractivity contribution in [1.82, 2.24) is 19.9 Å². The molecular formula is C40H40N8O12Zn2. The summed E-state index contributed by atoms with van der Waals surface area (Å²) in [5, 5.41) is 46.7. The summed E-state index contributed by atoms with van der Waals surface area (Å²) in [6.45, 7) is 1.94. The number of hydrogen-bond donors (Lipinski definition) is 2. The Morgan fingerprint density at radius 3 is 0.919 bits per heavy atom. The number of carboxylic acids is 4. The number of carbonyl (C=O) groups excluding carboxylic acids is 4. The maximum absolute atomic E-state index is 11.4. The van der Waals surface area contributed by atoms with Crippen LogP contribution >= 0.6 is 0 Å². The maximum Gasteiger partial charge on any atom is 2.00 e. The number of carbonyl (C=O) groups is 4. The van der Waals surface area contributed by atoms with Gasteiger partial charge in [0.05, 0.1) is 11.9 Å². The van der Waals surface area contributed by atoms with Crippen LogP contribution in [-0.4, -0.2) is 77.4 Å². The molecule has 22 heteroatoms. The third kappa shape index (κ3) is 22.9. The van der Waals surface area contributed by atoms with Gasteiger partial charge in [0, 0.05) is 59.0 Å². The molecule has 6 rings (SSSR count). The number of aromatic nitrogens is 4. The first kappa shape index (κ1) is 61.6. The summed E-state index contributed by atoms with van der Waals surface area (Å²) in [5.41, 5.74) is 0.869. The Balaban J connectivity index is -0.000000427. The van der Waals surface area contributed by atoms with E-state index in [9.17, 15) is 19.8 Å².